The Kier molecular flexibility index (Phi) is 4.52. The molecule has 76 valence electrons. The third-order valence-electron chi connectivity index (χ3n) is 1.44. The van der Waals surface area contributed by atoms with E-state index in [1.54, 1.807) is 18.2 Å². The molecule has 0 N–H and O–H groups in total. The van der Waals surface area contributed by atoms with Crippen molar-refractivity contribution in [1.82, 2.24) is 0 Å². The average molecular weight is 254 g/mol. The summed E-state index contributed by atoms with van der Waals surface area (Å²) in [6.45, 7) is -0.0541. The van der Waals surface area contributed by atoms with Crippen LogP contribution < -0.4 is 4.74 Å². The van der Waals surface area contributed by atoms with Gasteiger partial charge in [0.25, 0.3) is 0 Å². The van der Waals surface area contributed by atoms with E-state index in [-0.39, 0.29) is 18.3 Å². The fraction of sp³-hybridized carbons (Fsp3) is 0.222. The van der Waals surface area contributed by atoms with Crippen LogP contribution in [-0.2, 0) is 4.79 Å². The second-order valence-corrected chi connectivity index (χ2v) is 3.62. The molecule has 0 bridgehead atoms. The molecule has 0 saturated carbocycles. The highest BCUT2D eigenvalue weighted by molar-refractivity contribution is 6.42. The molecule has 0 heterocycles. The van der Waals surface area contributed by atoms with E-state index >= 15 is 0 Å². The minimum absolute atomic E-state index is 0.0541. The molecule has 0 radical (unpaired) electrons. The van der Waals surface area contributed by atoms with Crippen LogP contribution in [0.2, 0.25) is 10.0 Å². The fourth-order valence-electron chi connectivity index (χ4n) is 0.769. The van der Waals surface area contributed by atoms with Crippen molar-refractivity contribution in [2.45, 2.75) is 0 Å². The molecule has 0 spiro atoms. The van der Waals surface area contributed by atoms with Crippen LogP contribution in [0.15, 0.2) is 18.2 Å². The van der Waals surface area contributed by atoms with Crippen molar-refractivity contribution in [1.29, 1.82) is 0 Å². The minimum Gasteiger partial charge on any atom is -0.486 e. The molecule has 0 amide bonds. The highest BCUT2D eigenvalue weighted by Gasteiger charge is 2.03. The zero-order chi connectivity index (χ0) is 10.6. The van der Waals surface area contributed by atoms with E-state index in [0.717, 1.165) is 0 Å². The number of alkyl halides is 1. The van der Waals surface area contributed by atoms with E-state index < -0.39 is 0 Å². The van der Waals surface area contributed by atoms with E-state index in [0.29, 0.717) is 15.8 Å². The number of rotatable bonds is 4. The number of halogens is 3. The van der Waals surface area contributed by atoms with Crippen LogP contribution in [0.1, 0.15) is 0 Å². The average Bonchev–Trinajstić information content (AvgIpc) is 2.19. The Hall–Kier alpha value is -0.440. The summed E-state index contributed by atoms with van der Waals surface area (Å²) < 4.78 is 5.12. The van der Waals surface area contributed by atoms with Gasteiger partial charge in [0.2, 0.25) is 0 Å². The number of carbonyl (C=O) groups is 1. The van der Waals surface area contributed by atoms with Gasteiger partial charge in [0.1, 0.15) is 12.4 Å². The van der Waals surface area contributed by atoms with Crippen LogP contribution in [0, 0.1) is 0 Å². The van der Waals surface area contributed by atoms with Crippen molar-refractivity contribution < 1.29 is 9.53 Å². The molecule has 14 heavy (non-hydrogen) atoms. The lowest BCUT2D eigenvalue weighted by Crippen LogP contribution is -2.12. The van der Waals surface area contributed by atoms with E-state index in [2.05, 4.69) is 0 Å². The summed E-state index contributed by atoms with van der Waals surface area (Å²) in [5.74, 6) is 0.261. The van der Waals surface area contributed by atoms with Crippen molar-refractivity contribution in [2.24, 2.45) is 0 Å². The highest BCUT2D eigenvalue weighted by Crippen LogP contribution is 2.26. The minimum atomic E-state index is -0.183. The molecule has 0 unspecified atom stereocenters. The van der Waals surface area contributed by atoms with Crippen molar-refractivity contribution in [3.05, 3.63) is 28.2 Å². The van der Waals surface area contributed by atoms with E-state index in [1.165, 1.54) is 0 Å². The number of benzene rings is 1. The van der Waals surface area contributed by atoms with Gasteiger partial charge in [-0.25, -0.2) is 0 Å². The predicted octanol–water partition coefficient (Wildman–Crippen LogP) is 3.18. The lowest BCUT2D eigenvalue weighted by Gasteiger charge is -2.04. The molecule has 1 aromatic carbocycles. The lowest BCUT2D eigenvalue weighted by atomic mass is 10.3. The van der Waals surface area contributed by atoms with Crippen LogP contribution in [0.3, 0.4) is 0 Å². The third-order valence-corrected chi connectivity index (χ3v) is 2.48. The number of ketones is 1. The molecular weight excluding hydrogens is 246 g/mol. The number of carbonyl (C=O) groups excluding carboxylic acids is 1. The van der Waals surface area contributed by atoms with Crippen LogP contribution in [0.5, 0.6) is 5.75 Å². The maximum Gasteiger partial charge on any atom is 0.184 e. The van der Waals surface area contributed by atoms with Crippen molar-refractivity contribution in [2.75, 3.05) is 12.5 Å². The molecule has 0 atom stereocenters. The van der Waals surface area contributed by atoms with Gasteiger partial charge in [-0.3, -0.25) is 4.79 Å². The lowest BCUT2D eigenvalue weighted by molar-refractivity contribution is -0.118. The Balaban J connectivity index is 2.60. The zero-order valence-electron chi connectivity index (χ0n) is 7.10. The van der Waals surface area contributed by atoms with Gasteiger partial charge in [-0.05, 0) is 12.1 Å². The molecular formula is C9H7Cl3O2. The fourth-order valence-corrected chi connectivity index (χ4v) is 1.13. The first-order chi connectivity index (χ1) is 6.63. The van der Waals surface area contributed by atoms with Gasteiger partial charge in [0.05, 0.1) is 15.9 Å². The van der Waals surface area contributed by atoms with Crippen LogP contribution in [0.4, 0.5) is 0 Å². The summed E-state index contributed by atoms with van der Waals surface area (Å²) in [5.41, 5.74) is 0. The smallest absolute Gasteiger partial charge is 0.184 e. The predicted molar refractivity (Wildman–Crippen MR) is 57.7 cm³/mol. The molecule has 1 rings (SSSR count). The van der Waals surface area contributed by atoms with E-state index in [9.17, 15) is 4.79 Å². The van der Waals surface area contributed by atoms with Crippen LogP contribution >= 0.6 is 34.8 Å². The maximum absolute atomic E-state index is 10.8. The molecule has 0 aliphatic rings. The summed E-state index contributed by atoms with van der Waals surface area (Å²) in [6.07, 6.45) is 0. The molecule has 0 aliphatic carbocycles. The number of Topliss-reactive ketones (excluding diaryl/α,β-unsaturated/α-hetero) is 1. The van der Waals surface area contributed by atoms with Gasteiger partial charge < -0.3 is 4.74 Å². The molecule has 0 saturated heterocycles. The SMILES string of the molecule is O=C(CCl)COc1ccc(Cl)c(Cl)c1. The normalized spacial score (nSPS) is 9.93. The van der Waals surface area contributed by atoms with E-state index in [1.807, 2.05) is 0 Å². The first-order valence-corrected chi connectivity index (χ1v) is 5.08. The van der Waals surface area contributed by atoms with Crippen molar-refractivity contribution >= 4 is 40.6 Å². The van der Waals surface area contributed by atoms with Gasteiger partial charge in [-0.15, -0.1) is 11.6 Å². The Labute approximate surface area is 96.7 Å². The molecule has 2 nitrogen and oxygen atoms in total. The molecule has 0 aliphatic heterocycles. The Morgan fingerprint density at radius 3 is 2.57 bits per heavy atom. The Bertz CT molecular complexity index is 339. The van der Waals surface area contributed by atoms with Crippen molar-refractivity contribution in [3.63, 3.8) is 0 Å². The van der Waals surface area contributed by atoms with Gasteiger partial charge >= 0.3 is 0 Å². The third kappa shape index (κ3) is 3.37. The summed E-state index contributed by atoms with van der Waals surface area (Å²) in [4.78, 5) is 10.8. The van der Waals surface area contributed by atoms with Crippen LogP contribution in [-0.4, -0.2) is 18.3 Å². The molecule has 0 aromatic heterocycles. The van der Waals surface area contributed by atoms with Crippen molar-refractivity contribution in [3.8, 4) is 5.75 Å². The number of hydrogen-bond acceptors (Lipinski definition) is 2. The quantitative estimate of drug-likeness (QED) is 0.771. The summed E-state index contributed by atoms with van der Waals surface area (Å²) in [7, 11) is 0. The highest BCUT2D eigenvalue weighted by atomic mass is 35.5. The summed E-state index contributed by atoms with van der Waals surface area (Å²) >= 11 is 16.7. The monoisotopic (exact) mass is 252 g/mol. The molecule has 5 heteroatoms. The Morgan fingerprint density at radius 1 is 1.29 bits per heavy atom. The van der Waals surface area contributed by atoms with Gasteiger partial charge in [-0.2, -0.15) is 0 Å². The molecule has 0 fully saturated rings. The van der Waals surface area contributed by atoms with Gasteiger partial charge in [-0.1, -0.05) is 23.2 Å². The number of ether oxygens (including phenoxy) is 1. The summed E-state index contributed by atoms with van der Waals surface area (Å²) in [5, 5.41) is 0.838. The molecule has 1 aromatic rings. The second kappa shape index (κ2) is 5.44. The first kappa shape index (κ1) is 11.6. The van der Waals surface area contributed by atoms with Gasteiger partial charge in [0.15, 0.2) is 5.78 Å². The van der Waals surface area contributed by atoms with Crippen LogP contribution in [0.25, 0.3) is 0 Å². The second-order valence-electron chi connectivity index (χ2n) is 2.54. The standard InChI is InChI=1S/C9H7Cl3O2/c10-4-6(13)5-14-7-1-2-8(11)9(12)3-7/h1-3H,4-5H2. The number of hydrogen-bond donors (Lipinski definition) is 0. The maximum atomic E-state index is 10.8. The summed E-state index contributed by atoms with van der Waals surface area (Å²) in [6, 6.07) is 4.78. The largest absolute Gasteiger partial charge is 0.486 e. The Morgan fingerprint density at radius 2 is 2.00 bits per heavy atom. The van der Waals surface area contributed by atoms with E-state index in [4.69, 9.17) is 39.5 Å². The van der Waals surface area contributed by atoms with Gasteiger partial charge in [0, 0.05) is 6.07 Å². The first-order valence-electron chi connectivity index (χ1n) is 3.79. The topological polar surface area (TPSA) is 26.3 Å². The zero-order valence-corrected chi connectivity index (χ0v) is 9.36.